The molecule has 110 valence electrons. The molecule has 1 saturated heterocycles. The molecule has 2 nitrogen and oxygen atoms in total. The first-order valence-corrected chi connectivity index (χ1v) is 8.22. The second kappa shape index (κ2) is 5.87. The number of likely N-dealkylation sites (tertiary alicyclic amines) is 1. The summed E-state index contributed by atoms with van der Waals surface area (Å²) >= 11 is 0. The zero-order chi connectivity index (χ0) is 14.0. The van der Waals surface area contributed by atoms with Crippen molar-refractivity contribution in [2.75, 3.05) is 13.1 Å². The van der Waals surface area contributed by atoms with E-state index in [2.05, 4.69) is 36.1 Å². The van der Waals surface area contributed by atoms with Crippen LogP contribution in [0.1, 0.15) is 62.2 Å². The van der Waals surface area contributed by atoms with Gasteiger partial charge in [-0.3, -0.25) is 4.90 Å². The van der Waals surface area contributed by atoms with Crippen LogP contribution >= 0.6 is 0 Å². The molecule has 0 amide bonds. The molecule has 0 aromatic heterocycles. The maximum Gasteiger partial charge on any atom is 0.0973 e. The van der Waals surface area contributed by atoms with E-state index in [1.807, 2.05) is 0 Å². The van der Waals surface area contributed by atoms with Gasteiger partial charge in [0.15, 0.2) is 0 Å². The number of rotatable bonds is 3. The van der Waals surface area contributed by atoms with E-state index in [0.29, 0.717) is 0 Å². The summed E-state index contributed by atoms with van der Waals surface area (Å²) in [7, 11) is 0. The summed E-state index contributed by atoms with van der Waals surface area (Å²) in [6, 6.07) is 8.48. The van der Waals surface area contributed by atoms with Crippen molar-refractivity contribution in [3.63, 3.8) is 0 Å². The molecule has 2 heteroatoms. The summed E-state index contributed by atoms with van der Waals surface area (Å²) in [6.45, 7) is 4.44. The molecule has 1 heterocycles. The summed E-state index contributed by atoms with van der Waals surface area (Å²) in [4.78, 5) is 2.61. The highest BCUT2D eigenvalue weighted by molar-refractivity contribution is 5.26. The molecule has 0 spiro atoms. The average molecular weight is 273 g/mol. The fraction of sp³-hybridized carbons (Fsp3) is 0.667. The zero-order valence-corrected chi connectivity index (χ0v) is 12.6. The molecule has 1 unspecified atom stereocenters. The molecular formula is C18H27NO. The molecule has 1 aliphatic carbocycles. The Balaban J connectivity index is 1.87. The Bertz CT molecular complexity index is 427. The second-order valence-corrected chi connectivity index (χ2v) is 6.67. The van der Waals surface area contributed by atoms with E-state index in [4.69, 9.17) is 0 Å². The maximum absolute atomic E-state index is 11.1. The molecule has 1 aliphatic heterocycles. The molecule has 1 aromatic carbocycles. The van der Waals surface area contributed by atoms with Crippen molar-refractivity contribution in [1.82, 2.24) is 4.90 Å². The highest BCUT2D eigenvalue weighted by atomic mass is 16.3. The van der Waals surface area contributed by atoms with Crippen LogP contribution in [0, 0.1) is 6.92 Å². The van der Waals surface area contributed by atoms with Crippen molar-refractivity contribution in [2.24, 2.45) is 0 Å². The molecule has 0 bridgehead atoms. The van der Waals surface area contributed by atoms with Crippen LogP contribution in [0.3, 0.4) is 0 Å². The molecule has 1 aromatic rings. The fourth-order valence-corrected chi connectivity index (χ4v) is 4.15. The van der Waals surface area contributed by atoms with Gasteiger partial charge in [-0.2, -0.15) is 0 Å². The van der Waals surface area contributed by atoms with Gasteiger partial charge < -0.3 is 5.11 Å². The molecule has 0 radical (unpaired) electrons. The van der Waals surface area contributed by atoms with E-state index < -0.39 is 0 Å². The van der Waals surface area contributed by atoms with Crippen molar-refractivity contribution >= 4 is 0 Å². The van der Waals surface area contributed by atoms with Crippen LogP contribution < -0.4 is 0 Å². The van der Waals surface area contributed by atoms with Crippen molar-refractivity contribution in [3.05, 3.63) is 35.4 Å². The topological polar surface area (TPSA) is 23.5 Å². The van der Waals surface area contributed by atoms with Crippen molar-refractivity contribution in [3.8, 4) is 0 Å². The van der Waals surface area contributed by atoms with Gasteiger partial charge in [-0.05, 0) is 51.3 Å². The predicted molar refractivity (Wildman–Crippen MR) is 82.8 cm³/mol. The zero-order valence-electron chi connectivity index (χ0n) is 12.6. The van der Waals surface area contributed by atoms with Crippen LogP contribution in [0.25, 0.3) is 0 Å². The third-order valence-electron chi connectivity index (χ3n) is 5.36. The summed E-state index contributed by atoms with van der Waals surface area (Å²) in [5, 5.41) is 11.1. The van der Waals surface area contributed by atoms with Gasteiger partial charge in [0.1, 0.15) is 0 Å². The molecule has 1 saturated carbocycles. The third-order valence-corrected chi connectivity index (χ3v) is 5.36. The lowest BCUT2D eigenvalue weighted by Crippen LogP contribution is -2.53. The van der Waals surface area contributed by atoms with E-state index in [1.54, 1.807) is 0 Å². The SMILES string of the molecule is Cc1ccc(C(O)C2(N3CCCCC3)CCCC2)cc1. The van der Waals surface area contributed by atoms with Gasteiger partial charge in [-0.1, -0.05) is 49.1 Å². The molecule has 2 fully saturated rings. The Hall–Kier alpha value is -0.860. The molecule has 2 aliphatic rings. The van der Waals surface area contributed by atoms with Crippen LogP contribution in [-0.4, -0.2) is 28.6 Å². The highest BCUT2D eigenvalue weighted by Crippen LogP contribution is 2.45. The minimum absolute atomic E-state index is 0.00960. The number of hydrogen-bond acceptors (Lipinski definition) is 2. The summed E-state index contributed by atoms with van der Waals surface area (Å²) in [5.41, 5.74) is 2.37. The molecule has 3 rings (SSSR count). The van der Waals surface area contributed by atoms with E-state index in [1.165, 1.54) is 50.8 Å². The minimum atomic E-state index is -0.330. The Morgan fingerprint density at radius 2 is 1.55 bits per heavy atom. The predicted octanol–water partition coefficient (Wildman–Crippen LogP) is 3.83. The first-order valence-electron chi connectivity index (χ1n) is 8.22. The standard InChI is InChI=1S/C18H27NO/c1-15-7-9-16(10-8-15)17(20)18(11-3-4-12-18)19-13-5-2-6-14-19/h7-10,17,20H,2-6,11-14H2,1H3. The largest absolute Gasteiger partial charge is 0.386 e. The van der Waals surface area contributed by atoms with Crippen LogP contribution in [0.5, 0.6) is 0 Å². The van der Waals surface area contributed by atoms with Crippen LogP contribution in [0.15, 0.2) is 24.3 Å². The first-order chi connectivity index (χ1) is 9.72. The van der Waals surface area contributed by atoms with Gasteiger partial charge in [0.2, 0.25) is 0 Å². The fourth-order valence-electron chi connectivity index (χ4n) is 4.15. The first kappa shape index (κ1) is 14.1. The Morgan fingerprint density at radius 1 is 0.950 bits per heavy atom. The smallest absolute Gasteiger partial charge is 0.0973 e. The molecule has 1 atom stereocenters. The Kier molecular flexibility index (Phi) is 4.13. The van der Waals surface area contributed by atoms with Crippen LogP contribution in [0.4, 0.5) is 0 Å². The van der Waals surface area contributed by atoms with E-state index in [9.17, 15) is 5.11 Å². The number of piperidine rings is 1. The number of benzene rings is 1. The molecule has 1 N–H and O–H groups in total. The second-order valence-electron chi connectivity index (χ2n) is 6.67. The number of hydrogen-bond donors (Lipinski definition) is 1. The van der Waals surface area contributed by atoms with Gasteiger partial charge in [-0.15, -0.1) is 0 Å². The number of aliphatic hydroxyl groups excluding tert-OH is 1. The molecular weight excluding hydrogens is 246 g/mol. The van der Waals surface area contributed by atoms with E-state index in [-0.39, 0.29) is 11.6 Å². The summed E-state index contributed by atoms with van der Waals surface area (Å²) < 4.78 is 0. The lowest BCUT2D eigenvalue weighted by molar-refractivity contribution is -0.0405. The summed E-state index contributed by atoms with van der Waals surface area (Å²) in [6.07, 6.45) is 8.45. The highest BCUT2D eigenvalue weighted by Gasteiger charge is 2.46. The number of nitrogens with zero attached hydrogens (tertiary/aromatic N) is 1. The Morgan fingerprint density at radius 3 is 2.15 bits per heavy atom. The van der Waals surface area contributed by atoms with Gasteiger partial charge in [0.25, 0.3) is 0 Å². The normalized spacial score (nSPS) is 24.7. The van der Waals surface area contributed by atoms with Gasteiger partial charge in [0.05, 0.1) is 11.6 Å². The van der Waals surface area contributed by atoms with E-state index in [0.717, 1.165) is 18.4 Å². The van der Waals surface area contributed by atoms with Crippen LogP contribution in [0.2, 0.25) is 0 Å². The molecule has 20 heavy (non-hydrogen) atoms. The average Bonchev–Trinajstić information content (AvgIpc) is 2.99. The van der Waals surface area contributed by atoms with E-state index >= 15 is 0 Å². The summed E-state index contributed by atoms with van der Waals surface area (Å²) in [5.74, 6) is 0. The lowest BCUT2D eigenvalue weighted by Gasteiger charge is -2.46. The Labute approximate surface area is 122 Å². The van der Waals surface area contributed by atoms with Crippen molar-refractivity contribution in [2.45, 2.75) is 63.5 Å². The van der Waals surface area contributed by atoms with Gasteiger partial charge in [-0.25, -0.2) is 0 Å². The number of aliphatic hydroxyl groups is 1. The minimum Gasteiger partial charge on any atom is -0.386 e. The third kappa shape index (κ3) is 2.51. The van der Waals surface area contributed by atoms with Crippen LogP contribution in [-0.2, 0) is 0 Å². The van der Waals surface area contributed by atoms with Gasteiger partial charge in [0, 0.05) is 0 Å². The maximum atomic E-state index is 11.1. The lowest BCUT2D eigenvalue weighted by atomic mass is 9.82. The quantitative estimate of drug-likeness (QED) is 0.905. The monoisotopic (exact) mass is 273 g/mol. The number of aryl methyl sites for hydroxylation is 1. The van der Waals surface area contributed by atoms with Crippen molar-refractivity contribution in [1.29, 1.82) is 0 Å². The van der Waals surface area contributed by atoms with Gasteiger partial charge >= 0.3 is 0 Å². The van der Waals surface area contributed by atoms with Crippen molar-refractivity contribution < 1.29 is 5.11 Å².